The molecule has 0 radical (unpaired) electrons. The third-order valence-corrected chi connectivity index (χ3v) is 3.19. The number of hydrogen-bond acceptors (Lipinski definition) is 4. The van der Waals surface area contributed by atoms with Crippen LogP contribution in [0.2, 0.25) is 0 Å². The van der Waals surface area contributed by atoms with Gasteiger partial charge >= 0.3 is 0 Å². The molecular weight excluding hydrogens is 252 g/mol. The first-order valence-corrected chi connectivity index (χ1v) is 6.44. The second-order valence-corrected chi connectivity index (χ2v) is 5.06. The minimum absolute atomic E-state index is 0.487. The van der Waals surface area contributed by atoms with Gasteiger partial charge in [0.1, 0.15) is 0 Å². The van der Waals surface area contributed by atoms with Crippen molar-refractivity contribution in [2.45, 2.75) is 27.7 Å². The molecule has 3 aromatic heterocycles. The van der Waals surface area contributed by atoms with Gasteiger partial charge in [0, 0.05) is 23.8 Å². The van der Waals surface area contributed by atoms with Crippen molar-refractivity contribution in [2.75, 3.05) is 0 Å². The predicted molar refractivity (Wildman–Crippen MR) is 75.2 cm³/mol. The van der Waals surface area contributed by atoms with Crippen LogP contribution in [0.4, 0.5) is 0 Å². The monoisotopic (exact) mass is 268 g/mol. The number of rotatable bonds is 2. The standard InChI is InChI=1S/C14H16N6/c1-9-5-11(3)19(7-9)13-15-17-14(18-16-13)20-8-10(2)6-12(20)4/h5-8H,1-4H3. The molecule has 0 N–H and O–H groups in total. The first kappa shape index (κ1) is 12.5. The fourth-order valence-electron chi connectivity index (χ4n) is 2.33. The first-order chi connectivity index (χ1) is 9.54. The molecule has 0 fully saturated rings. The Hall–Kier alpha value is -2.50. The van der Waals surface area contributed by atoms with Gasteiger partial charge in [-0.3, -0.25) is 9.13 Å². The lowest BCUT2D eigenvalue weighted by molar-refractivity contribution is 0.728. The smallest absolute Gasteiger partial charge is 0.273 e. The van der Waals surface area contributed by atoms with Crippen molar-refractivity contribution in [1.29, 1.82) is 0 Å². The summed E-state index contributed by atoms with van der Waals surface area (Å²) in [6.07, 6.45) is 3.94. The van der Waals surface area contributed by atoms with Gasteiger partial charge in [0.25, 0.3) is 11.9 Å². The Morgan fingerprint density at radius 3 is 1.25 bits per heavy atom. The Morgan fingerprint density at radius 2 is 1.00 bits per heavy atom. The van der Waals surface area contributed by atoms with Crippen LogP contribution in [-0.4, -0.2) is 29.5 Å². The van der Waals surface area contributed by atoms with Crippen molar-refractivity contribution < 1.29 is 0 Å². The maximum atomic E-state index is 4.17. The van der Waals surface area contributed by atoms with E-state index in [2.05, 4.69) is 32.5 Å². The van der Waals surface area contributed by atoms with Gasteiger partial charge in [-0.05, 0) is 51.0 Å². The molecule has 0 saturated carbocycles. The zero-order valence-electron chi connectivity index (χ0n) is 12.0. The summed E-state index contributed by atoms with van der Waals surface area (Å²) in [7, 11) is 0. The molecule has 0 bridgehead atoms. The molecule has 0 spiro atoms. The summed E-state index contributed by atoms with van der Waals surface area (Å²) in [4.78, 5) is 0. The molecule has 0 aromatic carbocycles. The van der Waals surface area contributed by atoms with E-state index in [-0.39, 0.29) is 0 Å². The number of nitrogens with zero attached hydrogens (tertiary/aromatic N) is 6. The topological polar surface area (TPSA) is 61.4 Å². The van der Waals surface area contributed by atoms with Crippen LogP contribution in [0.15, 0.2) is 24.5 Å². The van der Waals surface area contributed by atoms with Crippen LogP contribution in [0.5, 0.6) is 0 Å². The summed E-state index contributed by atoms with van der Waals surface area (Å²) < 4.78 is 3.76. The SMILES string of the molecule is Cc1cc(C)n(-c2nnc(-n3cc(C)cc3C)nn2)c1. The maximum Gasteiger partial charge on any atom is 0.273 e. The summed E-state index contributed by atoms with van der Waals surface area (Å²) in [5.74, 6) is 0.974. The number of aromatic nitrogens is 6. The van der Waals surface area contributed by atoms with Crippen molar-refractivity contribution in [3.8, 4) is 11.9 Å². The molecule has 0 amide bonds. The largest absolute Gasteiger partial charge is 0.287 e. The zero-order valence-corrected chi connectivity index (χ0v) is 12.0. The van der Waals surface area contributed by atoms with Crippen molar-refractivity contribution >= 4 is 0 Å². The van der Waals surface area contributed by atoms with Crippen LogP contribution < -0.4 is 0 Å². The molecule has 20 heavy (non-hydrogen) atoms. The predicted octanol–water partition coefficient (Wildman–Crippen LogP) is 2.08. The van der Waals surface area contributed by atoms with E-state index in [4.69, 9.17) is 0 Å². The molecule has 3 rings (SSSR count). The summed E-state index contributed by atoms with van der Waals surface area (Å²) in [6, 6.07) is 4.13. The highest BCUT2D eigenvalue weighted by molar-refractivity contribution is 5.26. The minimum Gasteiger partial charge on any atom is -0.287 e. The summed E-state index contributed by atoms with van der Waals surface area (Å²) >= 11 is 0. The second-order valence-electron chi connectivity index (χ2n) is 5.06. The van der Waals surface area contributed by atoms with Gasteiger partial charge in [-0.25, -0.2) is 0 Å². The normalized spacial score (nSPS) is 11.0. The van der Waals surface area contributed by atoms with E-state index in [1.807, 2.05) is 49.2 Å². The molecule has 0 atom stereocenters. The van der Waals surface area contributed by atoms with Crippen molar-refractivity contribution in [3.63, 3.8) is 0 Å². The highest BCUT2D eigenvalue weighted by Crippen LogP contribution is 2.12. The Bertz CT molecular complexity index is 685. The molecule has 0 saturated heterocycles. The van der Waals surface area contributed by atoms with E-state index >= 15 is 0 Å². The lowest BCUT2D eigenvalue weighted by Crippen LogP contribution is -2.10. The second kappa shape index (κ2) is 4.56. The van der Waals surface area contributed by atoms with E-state index in [9.17, 15) is 0 Å². The quantitative estimate of drug-likeness (QED) is 0.714. The summed E-state index contributed by atoms with van der Waals surface area (Å²) in [5, 5.41) is 16.7. The van der Waals surface area contributed by atoms with Crippen LogP contribution in [0.1, 0.15) is 22.5 Å². The summed E-state index contributed by atoms with van der Waals surface area (Å²) in [5.41, 5.74) is 4.44. The lowest BCUT2D eigenvalue weighted by Gasteiger charge is -2.04. The summed E-state index contributed by atoms with van der Waals surface area (Å²) in [6.45, 7) is 8.07. The Morgan fingerprint density at radius 1 is 0.650 bits per heavy atom. The molecule has 0 aliphatic rings. The molecule has 3 heterocycles. The molecule has 0 aliphatic heterocycles. The van der Waals surface area contributed by atoms with E-state index in [1.54, 1.807) is 0 Å². The number of hydrogen-bond donors (Lipinski definition) is 0. The van der Waals surface area contributed by atoms with Crippen molar-refractivity contribution in [3.05, 3.63) is 47.0 Å². The minimum atomic E-state index is 0.487. The molecule has 0 unspecified atom stereocenters. The van der Waals surface area contributed by atoms with E-state index in [0.717, 1.165) is 22.5 Å². The maximum absolute atomic E-state index is 4.17. The van der Waals surface area contributed by atoms with Crippen LogP contribution >= 0.6 is 0 Å². The van der Waals surface area contributed by atoms with Gasteiger partial charge < -0.3 is 0 Å². The molecule has 3 aromatic rings. The zero-order chi connectivity index (χ0) is 14.3. The van der Waals surface area contributed by atoms with E-state index in [0.29, 0.717) is 11.9 Å². The van der Waals surface area contributed by atoms with Crippen LogP contribution in [0, 0.1) is 27.7 Å². The molecule has 6 nitrogen and oxygen atoms in total. The van der Waals surface area contributed by atoms with Crippen molar-refractivity contribution in [1.82, 2.24) is 29.5 Å². The molecule has 6 heteroatoms. The number of aryl methyl sites for hydroxylation is 4. The highest BCUT2D eigenvalue weighted by atomic mass is 15.4. The molecule has 0 aliphatic carbocycles. The van der Waals surface area contributed by atoms with Gasteiger partial charge in [0.15, 0.2) is 0 Å². The van der Waals surface area contributed by atoms with E-state index < -0.39 is 0 Å². The average Bonchev–Trinajstić information content (AvgIpc) is 2.92. The van der Waals surface area contributed by atoms with Crippen LogP contribution in [-0.2, 0) is 0 Å². The third kappa shape index (κ3) is 2.09. The highest BCUT2D eigenvalue weighted by Gasteiger charge is 2.09. The van der Waals surface area contributed by atoms with Gasteiger partial charge in [0.2, 0.25) is 0 Å². The molecule has 102 valence electrons. The first-order valence-electron chi connectivity index (χ1n) is 6.44. The lowest BCUT2D eigenvalue weighted by atomic mass is 10.4. The van der Waals surface area contributed by atoms with Gasteiger partial charge in [-0.2, -0.15) is 0 Å². The Balaban J connectivity index is 1.99. The average molecular weight is 268 g/mol. The van der Waals surface area contributed by atoms with Crippen LogP contribution in [0.3, 0.4) is 0 Å². The van der Waals surface area contributed by atoms with Gasteiger partial charge in [-0.15, -0.1) is 20.4 Å². The van der Waals surface area contributed by atoms with Gasteiger partial charge in [-0.1, -0.05) is 0 Å². The van der Waals surface area contributed by atoms with Crippen molar-refractivity contribution in [2.24, 2.45) is 0 Å². The third-order valence-electron chi connectivity index (χ3n) is 3.19. The fraction of sp³-hybridized carbons (Fsp3) is 0.286. The fourth-order valence-corrected chi connectivity index (χ4v) is 2.33. The van der Waals surface area contributed by atoms with Gasteiger partial charge in [0.05, 0.1) is 0 Å². The Labute approximate surface area is 117 Å². The molecular formula is C14H16N6. The van der Waals surface area contributed by atoms with E-state index in [1.165, 1.54) is 0 Å². The van der Waals surface area contributed by atoms with Crippen LogP contribution in [0.25, 0.3) is 11.9 Å². The Kier molecular flexibility index (Phi) is 2.85.